The number of nitrogens with two attached hydrogens (primary N) is 1. The summed E-state index contributed by atoms with van der Waals surface area (Å²) in [5.74, 6) is 0.822. The van der Waals surface area contributed by atoms with Crippen LogP contribution < -0.4 is 5.73 Å². The van der Waals surface area contributed by atoms with Crippen molar-refractivity contribution < 1.29 is 0 Å². The molecule has 2 atom stereocenters. The highest BCUT2D eigenvalue weighted by Crippen LogP contribution is 2.51. The highest BCUT2D eigenvalue weighted by molar-refractivity contribution is 5.29. The molecule has 2 unspecified atom stereocenters. The van der Waals surface area contributed by atoms with Crippen molar-refractivity contribution in [2.75, 3.05) is 0 Å². The van der Waals surface area contributed by atoms with Gasteiger partial charge in [-0.05, 0) is 33.1 Å². The van der Waals surface area contributed by atoms with Crippen LogP contribution >= 0.6 is 0 Å². The van der Waals surface area contributed by atoms with Crippen LogP contribution in [0.5, 0.6) is 0 Å². The van der Waals surface area contributed by atoms with Gasteiger partial charge in [0.15, 0.2) is 0 Å². The van der Waals surface area contributed by atoms with Crippen LogP contribution in [0.25, 0.3) is 0 Å². The highest BCUT2D eigenvalue weighted by Gasteiger charge is 2.51. The van der Waals surface area contributed by atoms with Gasteiger partial charge in [-0.15, -0.1) is 0 Å². The Bertz CT molecular complexity index is 242. The molecule has 1 saturated carbocycles. The minimum absolute atomic E-state index is 0.627. The van der Waals surface area contributed by atoms with Crippen LogP contribution in [-0.2, 0) is 0 Å². The van der Waals surface area contributed by atoms with Gasteiger partial charge in [0, 0.05) is 29.4 Å². The van der Waals surface area contributed by atoms with E-state index in [4.69, 9.17) is 5.73 Å². The van der Waals surface area contributed by atoms with Crippen molar-refractivity contribution in [2.45, 2.75) is 52.1 Å². The first kappa shape index (κ1) is 8.92. The highest BCUT2D eigenvalue weighted by atomic mass is 15.3. The zero-order chi connectivity index (χ0) is 9.59. The minimum atomic E-state index is 0.627. The molecule has 2 rings (SSSR count). The van der Waals surface area contributed by atoms with E-state index < -0.39 is 0 Å². The number of rotatable bonds is 2. The summed E-state index contributed by atoms with van der Waals surface area (Å²) in [6, 6.07) is 1.46. The van der Waals surface area contributed by atoms with Gasteiger partial charge in [-0.2, -0.15) is 0 Å². The molecule has 0 bridgehead atoms. The Labute approximate surface area is 80.8 Å². The number of piperidine rings is 1. The molecule has 2 heteroatoms. The molecule has 1 heterocycles. The summed E-state index contributed by atoms with van der Waals surface area (Å²) < 4.78 is 0. The standard InChI is InChI=1S/C11H20N2/c1-4-9(12)11-8-5-6-10(8)13(11)7(2)3/h7-8,10H,4-6,12H2,1-3H3/b11-9-. The molecule has 1 aliphatic heterocycles. The Balaban J connectivity index is 2.18. The van der Waals surface area contributed by atoms with Crippen LogP contribution in [0.4, 0.5) is 0 Å². The van der Waals surface area contributed by atoms with E-state index in [1.807, 2.05) is 0 Å². The molecule has 1 aliphatic carbocycles. The molecule has 0 radical (unpaired) electrons. The predicted octanol–water partition coefficient (Wildman–Crippen LogP) is 2.07. The number of fused-ring (bicyclic) bond motifs is 1. The molecule has 0 aromatic heterocycles. The van der Waals surface area contributed by atoms with Crippen molar-refractivity contribution in [3.63, 3.8) is 0 Å². The van der Waals surface area contributed by atoms with E-state index in [9.17, 15) is 0 Å². The Kier molecular flexibility index (Phi) is 2.01. The second-order valence-electron chi connectivity index (χ2n) is 4.52. The minimum Gasteiger partial charge on any atom is -0.401 e. The van der Waals surface area contributed by atoms with E-state index in [1.54, 1.807) is 0 Å². The summed E-state index contributed by atoms with van der Waals surface area (Å²) in [6.07, 6.45) is 3.75. The summed E-state index contributed by atoms with van der Waals surface area (Å²) in [7, 11) is 0. The van der Waals surface area contributed by atoms with E-state index in [0.717, 1.165) is 24.1 Å². The number of nitrogens with zero attached hydrogens (tertiary/aromatic N) is 1. The van der Waals surface area contributed by atoms with E-state index in [0.29, 0.717) is 6.04 Å². The van der Waals surface area contributed by atoms with E-state index in [2.05, 4.69) is 25.7 Å². The monoisotopic (exact) mass is 180 g/mol. The SMILES string of the molecule is CC/C(N)=C1\C2CCC2N1C(C)C. The van der Waals surface area contributed by atoms with Crippen LogP contribution in [-0.4, -0.2) is 17.0 Å². The van der Waals surface area contributed by atoms with Gasteiger partial charge in [0.2, 0.25) is 0 Å². The zero-order valence-corrected chi connectivity index (χ0v) is 8.88. The number of hydrogen-bond acceptors (Lipinski definition) is 2. The smallest absolute Gasteiger partial charge is 0.0380 e. The fourth-order valence-corrected chi connectivity index (χ4v) is 2.67. The first-order chi connectivity index (χ1) is 6.16. The fourth-order valence-electron chi connectivity index (χ4n) is 2.67. The molecular weight excluding hydrogens is 160 g/mol. The van der Waals surface area contributed by atoms with Gasteiger partial charge in [-0.25, -0.2) is 0 Å². The first-order valence-corrected chi connectivity index (χ1v) is 5.43. The maximum Gasteiger partial charge on any atom is 0.0380 e. The lowest BCUT2D eigenvalue weighted by Gasteiger charge is -2.61. The van der Waals surface area contributed by atoms with Crippen LogP contribution in [0.15, 0.2) is 11.4 Å². The van der Waals surface area contributed by atoms with Crippen molar-refractivity contribution in [2.24, 2.45) is 11.7 Å². The normalized spacial score (nSPS) is 35.2. The average molecular weight is 180 g/mol. The van der Waals surface area contributed by atoms with Crippen LogP contribution in [0.3, 0.4) is 0 Å². The van der Waals surface area contributed by atoms with Crippen molar-refractivity contribution in [3.8, 4) is 0 Å². The summed E-state index contributed by atoms with van der Waals surface area (Å²) in [5.41, 5.74) is 8.62. The molecule has 0 amide bonds. The maximum atomic E-state index is 6.03. The van der Waals surface area contributed by atoms with Crippen molar-refractivity contribution in [1.29, 1.82) is 0 Å². The fraction of sp³-hybridized carbons (Fsp3) is 0.818. The molecule has 0 aromatic rings. The van der Waals surface area contributed by atoms with Gasteiger partial charge >= 0.3 is 0 Å². The Morgan fingerprint density at radius 1 is 1.54 bits per heavy atom. The largest absolute Gasteiger partial charge is 0.401 e. The molecule has 2 aliphatic rings. The van der Waals surface area contributed by atoms with Crippen molar-refractivity contribution >= 4 is 0 Å². The molecular formula is C11H20N2. The molecule has 0 aromatic carbocycles. The van der Waals surface area contributed by atoms with E-state index in [1.165, 1.54) is 18.5 Å². The van der Waals surface area contributed by atoms with Gasteiger partial charge in [-0.1, -0.05) is 6.92 Å². The van der Waals surface area contributed by atoms with Gasteiger partial charge in [0.25, 0.3) is 0 Å². The van der Waals surface area contributed by atoms with Gasteiger partial charge in [-0.3, -0.25) is 0 Å². The molecule has 0 spiro atoms. The summed E-state index contributed by atoms with van der Waals surface area (Å²) in [4.78, 5) is 2.52. The van der Waals surface area contributed by atoms with Crippen LogP contribution in [0, 0.1) is 5.92 Å². The lowest BCUT2D eigenvalue weighted by molar-refractivity contribution is -0.0239. The third-order valence-electron chi connectivity index (χ3n) is 3.49. The Hall–Kier alpha value is -0.660. The quantitative estimate of drug-likeness (QED) is 0.705. The average Bonchev–Trinajstić information content (AvgIpc) is 2.06. The first-order valence-electron chi connectivity index (χ1n) is 5.43. The van der Waals surface area contributed by atoms with Crippen LogP contribution in [0.2, 0.25) is 0 Å². The summed E-state index contributed by atoms with van der Waals surface area (Å²) in [6.45, 7) is 6.67. The van der Waals surface area contributed by atoms with Crippen molar-refractivity contribution in [1.82, 2.24) is 4.90 Å². The second-order valence-corrected chi connectivity index (χ2v) is 4.52. The van der Waals surface area contributed by atoms with E-state index in [-0.39, 0.29) is 0 Å². The van der Waals surface area contributed by atoms with Crippen molar-refractivity contribution in [3.05, 3.63) is 11.4 Å². The summed E-state index contributed by atoms with van der Waals surface area (Å²) >= 11 is 0. The topological polar surface area (TPSA) is 29.3 Å². The van der Waals surface area contributed by atoms with Gasteiger partial charge < -0.3 is 10.6 Å². The Morgan fingerprint density at radius 2 is 2.23 bits per heavy atom. The predicted molar refractivity (Wildman–Crippen MR) is 55.0 cm³/mol. The number of likely N-dealkylation sites (tertiary alicyclic amines) is 1. The third kappa shape index (κ3) is 1.07. The maximum absolute atomic E-state index is 6.03. The number of hydrogen-bond donors (Lipinski definition) is 1. The molecule has 13 heavy (non-hydrogen) atoms. The second kappa shape index (κ2) is 2.93. The zero-order valence-electron chi connectivity index (χ0n) is 8.88. The molecule has 1 saturated heterocycles. The molecule has 2 N–H and O–H groups in total. The van der Waals surface area contributed by atoms with Gasteiger partial charge in [0.05, 0.1) is 0 Å². The summed E-state index contributed by atoms with van der Waals surface area (Å²) in [5, 5.41) is 0. The lowest BCUT2D eigenvalue weighted by Crippen LogP contribution is -2.63. The third-order valence-corrected chi connectivity index (χ3v) is 3.49. The molecule has 2 nitrogen and oxygen atoms in total. The molecule has 2 fully saturated rings. The van der Waals surface area contributed by atoms with Gasteiger partial charge in [0.1, 0.15) is 0 Å². The molecule has 74 valence electrons. The lowest BCUT2D eigenvalue weighted by atomic mass is 9.67. The Morgan fingerprint density at radius 3 is 2.62 bits per heavy atom. The van der Waals surface area contributed by atoms with E-state index >= 15 is 0 Å². The van der Waals surface area contributed by atoms with Crippen LogP contribution in [0.1, 0.15) is 40.0 Å². The number of allylic oxidation sites excluding steroid dienone is 1.